The van der Waals surface area contributed by atoms with Crippen molar-refractivity contribution in [2.75, 3.05) is 11.4 Å². The van der Waals surface area contributed by atoms with E-state index in [2.05, 4.69) is 26.8 Å². The number of carbonyl (C=O) groups is 3. The van der Waals surface area contributed by atoms with Crippen molar-refractivity contribution in [2.24, 2.45) is 5.92 Å². The molecule has 0 bridgehead atoms. The van der Waals surface area contributed by atoms with E-state index in [9.17, 15) is 14.4 Å². The molecule has 2 aromatic rings. The largest absolute Gasteiger partial charge is 0.459 e. The van der Waals surface area contributed by atoms with Crippen molar-refractivity contribution in [1.29, 1.82) is 0 Å². The molecule has 2 N–H and O–H groups in total. The molecule has 0 radical (unpaired) electrons. The Labute approximate surface area is 146 Å². The van der Waals surface area contributed by atoms with E-state index < -0.39 is 17.7 Å². The number of amides is 3. The molecular weight excluding hydrogens is 378 g/mol. The summed E-state index contributed by atoms with van der Waals surface area (Å²) in [7, 11) is 0. The van der Waals surface area contributed by atoms with E-state index in [4.69, 9.17) is 4.42 Å². The number of hydrazine groups is 1. The summed E-state index contributed by atoms with van der Waals surface area (Å²) in [5, 5.41) is 0. The second-order valence-corrected chi connectivity index (χ2v) is 6.22. The zero-order chi connectivity index (χ0) is 17.1. The molecule has 1 fully saturated rings. The van der Waals surface area contributed by atoms with Crippen LogP contribution in [0.5, 0.6) is 0 Å². The maximum atomic E-state index is 12.2. The first-order valence-electron chi connectivity index (χ1n) is 7.24. The van der Waals surface area contributed by atoms with Crippen LogP contribution in [0.15, 0.2) is 51.6 Å². The lowest BCUT2D eigenvalue weighted by atomic mass is 10.1. The van der Waals surface area contributed by atoms with Gasteiger partial charge in [0.1, 0.15) is 0 Å². The summed E-state index contributed by atoms with van der Waals surface area (Å²) in [6.45, 7) is 0.262. The van der Waals surface area contributed by atoms with Gasteiger partial charge in [0.05, 0.1) is 12.2 Å². The molecule has 3 rings (SSSR count). The summed E-state index contributed by atoms with van der Waals surface area (Å²) in [4.78, 5) is 37.6. The van der Waals surface area contributed by atoms with Gasteiger partial charge in [-0.2, -0.15) is 0 Å². The van der Waals surface area contributed by atoms with Crippen LogP contribution in [-0.4, -0.2) is 24.3 Å². The summed E-state index contributed by atoms with van der Waals surface area (Å²) in [5.74, 6) is -1.55. The van der Waals surface area contributed by atoms with Crippen LogP contribution in [0.3, 0.4) is 0 Å². The molecule has 1 aliphatic rings. The summed E-state index contributed by atoms with van der Waals surface area (Å²) < 4.78 is 5.78. The van der Waals surface area contributed by atoms with Crippen molar-refractivity contribution in [3.8, 4) is 0 Å². The fraction of sp³-hybridized carbons (Fsp3) is 0.188. The summed E-state index contributed by atoms with van der Waals surface area (Å²) in [6.07, 6.45) is 1.46. The highest BCUT2D eigenvalue weighted by molar-refractivity contribution is 9.10. The van der Waals surface area contributed by atoms with Crippen LogP contribution in [0.2, 0.25) is 0 Å². The van der Waals surface area contributed by atoms with Crippen molar-refractivity contribution in [2.45, 2.75) is 6.42 Å². The number of hydrogen-bond donors (Lipinski definition) is 2. The zero-order valence-electron chi connectivity index (χ0n) is 12.5. The number of halogens is 1. The molecule has 1 unspecified atom stereocenters. The molecule has 0 spiro atoms. The van der Waals surface area contributed by atoms with Gasteiger partial charge in [0, 0.05) is 23.1 Å². The highest BCUT2D eigenvalue weighted by atomic mass is 79.9. The number of nitrogens with zero attached hydrogens (tertiary/aromatic N) is 1. The molecule has 24 heavy (non-hydrogen) atoms. The van der Waals surface area contributed by atoms with Gasteiger partial charge in [0.2, 0.25) is 11.8 Å². The maximum absolute atomic E-state index is 12.2. The molecule has 2 heterocycles. The quantitative estimate of drug-likeness (QED) is 0.781. The molecule has 1 atom stereocenters. The number of anilines is 1. The van der Waals surface area contributed by atoms with E-state index in [-0.39, 0.29) is 24.6 Å². The summed E-state index contributed by atoms with van der Waals surface area (Å²) >= 11 is 3.36. The maximum Gasteiger partial charge on any atom is 0.305 e. The Bertz CT molecular complexity index is 775. The standard InChI is InChI=1S/C16H14BrN3O4/c17-11-3-1-4-12(8-11)20-9-10(7-14(20)21)15(22)18-19-16(23)13-5-2-6-24-13/h1-6,8,10H,7,9H2,(H,18,22)(H,19,23). The lowest BCUT2D eigenvalue weighted by Crippen LogP contribution is -2.45. The van der Waals surface area contributed by atoms with E-state index in [0.717, 1.165) is 10.2 Å². The molecule has 1 aliphatic heterocycles. The first-order chi connectivity index (χ1) is 11.5. The van der Waals surface area contributed by atoms with E-state index >= 15 is 0 Å². The Hall–Kier alpha value is -2.61. The predicted molar refractivity (Wildman–Crippen MR) is 88.9 cm³/mol. The Morgan fingerprint density at radius 3 is 2.75 bits per heavy atom. The third-order valence-electron chi connectivity index (χ3n) is 3.66. The van der Waals surface area contributed by atoms with Gasteiger partial charge in [-0.1, -0.05) is 22.0 Å². The molecule has 124 valence electrons. The number of rotatable bonds is 3. The van der Waals surface area contributed by atoms with Crippen molar-refractivity contribution < 1.29 is 18.8 Å². The highest BCUT2D eigenvalue weighted by Gasteiger charge is 2.35. The van der Waals surface area contributed by atoms with Gasteiger partial charge in [0.25, 0.3) is 0 Å². The number of nitrogens with one attached hydrogen (secondary N) is 2. The lowest BCUT2D eigenvalue weighted by Gasteiger charge is -2.17. The second-order valence-electron chi connectivity index (χ2n) is 5.31. The first-order valence-corrected chi connectivity index (χ1v) is 8.03. The third-order valence-corrected chi connectivity index (χ3v) is 4.15. The minimum Gasteiger partial charge on any atom is -0.459 e. The van der Waals surface area contributed by atoms with Gasteiger partial charge < -0.3 is 9.32 Å². The van der Waals surface area contributed by atoms with Crippen molar-refractivity contribution in [3.63, 3.8) is 0 Å². The Morgan fingerprint density at radius 2 is 2.04 bits per heavy atom. The van der Waals surface area contributed by atoms with E-state index in [1.165, 1.54) is 12.3 Å². The molecule has 1 aromatic carbocycles. The van der Waals surface area contributed by atoms with Crippen molar-refractivity contribution in [1.82, 2.24) is 10.9 Å². The average molecular weight is 392 g/mol. The van der Waals surface area contributed by atoms with Crippen molar-refractivity contribution >= 4 is 39.3 Å². The summed E-state index contributed by atoms with van der Waals surface area (Å²) in [6, 6.07) is 10.4. The fourth-order valence-electron chi connectivity index (χ4n) is 2.47. The van der Waals surface area contributed by atoms with Gasteiger partial charge in [-0.15, -0.1) is 0 Å². The normalized spacial score (nSPS) is 17.0. The molecule has 0 saturated carbocycles. The number of furan rings is 1. The summed E-state index contributed by atoms with van der Waals surface area (Å²) in [5.41, 5.74) is 5.33. The van der Waals surface area contributed by atoms with Gasteiger partial charge >= 0.3 is 5.91 Å². The Balaban J connectivity index is 1.59. The van der Waals surface area contributed by atoms with Gasteiger partial charge in [-0.05, 0) is 30.3 Å². The van der Waals surface area contributed by atoms with Crippen LogP contribution in [0.25, 0.3) is 0 Å². The first kappa shape index (κ1) is 16.3. The van der Waals surface area contributed by atoms with Crippen LogP contribution in [0, 0.1) is 5.92 Å². The third kappa shape index (κ3) is 3.48. The molecular formula is C16H14BrN3O4. The lowest BCUT2D eigenvalue weighted by molar-refractivity contribution is -0.126. The molecule has 0 aliphatic carbocycles. The SMILES string of the molecule is O=C(NNC(=O)C1CC(=O)N(c2cccc(Br)c2)C1)c1ccco1. The van der Waals surface area contributed by atoms with E-state index in [0.29, 0.717) is 0 Å². The average Bonchev–Trinajstić information content (AvgIpc) is 3.22. The Kier molecular flexibility index (Phi) is 4.66. The fourth-order valence-corrected chi connectivity index (χ4v) is 2.85. The number of carbonyl (C=O) groups excluding carboxylic acids is 3. The van der Waals surface area contributed by atoms with Gasteiger partial charge in [-0.3, -0.25) is 25.2 Å². The molecule has 7 nitrogen and oxygen atoms in total. The minimum atomic E-state index is -0.554. The topological polar surface area (TPSA) is 91.7 Å². The van der Waals surface area contributed by atoms with Crippen LogP contribution in [0.4, 0.5) is 5.69 Å². The Morgan fingerprint density at radius 1 is 1.21 bits per heavy atom. The molecule has 1 saturated heterocycles. The minimum absolute atomic E-state index is 0.0913. The monoisotopic (exact) mass is 391 g/mol. The molecule has 1 aromatic heterocycles. The zero-order valence-corrected chi connectivity index (χ0v) is 14.1. The number of hydrogen-bond acceptors (Lipinski definition) is 4. The van der Waals surface area contributed by atoms with Gasteiger partial charge in [-0.25, -0.2) is 0 Å². The molecule has 3 amide bonds. The van der Waals surface area contributed by atoms with Crippen molar-refractivity contribution in [3.05, 3.63) is 52.9 Å². The van der Waals surface area contributed by atoms with Gasteiger partial charge in [0.15, 0.2) is 5.76 Å². The molecule has 8 heteroatoms. The van der Waals surface area contributed by atoms with Crippen LogP contribution in [0.1, 0.15) is 17.0 Å². The van der Waals surface area contributed by atoms with Crippen LogP contribution < -0.4 is 15.8 Å². The van der Waals surface area contributed by atoms with Crippen LogP contribution in [-0.2, 0) is 9.59 Å². The van der Waals surface area contributed by atoms with E-state index in [1.54, 1.807) is 11.0 Å². The number of benzene rings is 1. The highest BCUT2D eigenvalue weighted by Crippen LogP contribution is 2.27. The van der Waals surface area contributed by atoms with Crippen LogP contribution >= 0.6 is 15.9 Å². The second kappa shape index (κ2) is 6.88. The van der Waals surface area contributed by atoms with E-state index in [1.807, 2.05) is 24.3 Å². The predicted octanol–water partition coefficient (Wildman–Crippen LogP) is 1.86. The smallest absolute Gasteiger partial charge is 0.305 e.